The SMILES string of the molecule is CC12CC3CC(CC(C3)C1(C)C(=O)O)C2. The van der Waals surface area contributed by atoms with Crippen molar-refractivity contribution >= 4 is 5.97 Å². The third-order valence-electron chi connectivity index (χ3n) is 5.90. The van der Waals surface area contributed by atoms with Crippen molar-refractivity contribution in [1.82, 2.24) is 0 Å². The summed E-state index contributed by atoms with van der Waals surface area (Å²) in [7, 11) is 0. The maximum absolute atomic E-state index is 11.6. The van der Waals surface area contributed by atoms with Gasteiger partial charge in [0.25, 0.3) is 0 Å². The highest BCUT2D eigenvalue weighted by atomic mass is 16.4. The van der Waals surface area contributed by atoms with Crippen LogP contribution in [0.4, 0.5) is 0 Å². The molecule has 4 bridgehead atoms. The average molecular weight is 208 g/mol. The zero-order valence-electron chi connectivity index (χ0n) is 9.62. The quantitative estimate of drug-likeness (QED) is 0.719. The molecule has 0 heterocycles. The lowest BCUT2D eigenvalue weighted by Crippen LogP contribution is -2.60. The molecule has 0 aromatic heterocycles. The first kappa shape index (κ1) is 9.68. The second kappa shape index (κ2) is 2.58. The molecule has 4 fully saturated rings. The Bertz CT molecular complexity index is 308. The van der Waals surface area contributed by atoms with Crippen LogP contribution in [0.2, 0.25) is 0 Å². The Morgan fingerprint density at radius 3 is 2.07 bits per heavy atom. The standard InChI is InChI=1S/C13H20O2/c1-12-6-8-3-9(7-12)5-10(4-8)13(12,2)11(14)15/h8-10H,3-7H2,1-2H3,(H,14,15). The van der Waals surface area contributed by atoms with Crippen molar-refractivity contribution in [3.63, 3.8) is 0 Å². The summed E-state index contributed by atoms with van der Waals surface area (Å²) in [6.07, 6.45) is 6.04. The van der Waals surface area contributed by atoms with E-state index >= 15 is 0 Å². The first-order chi connectivity index (χ1) is 6.96. The van der Waals surface area contributed by atoms with Crippen molar-refractivity contribution in [3.05, 3.63) is 0 Å². The number of carboxylic acid groups (broad SMARTS) is 1. The van der Waals surface area contributed by atoms with Gasteiger partial charge in [0, 0.05) is 0 Å². The Hall–Kier alpha value is -0.530. The number of carbonyl (C=O) groups is 1. The van der Waals surface area contributed by atoms with Crippen molar-refractivity contribution in [3.8, 4) is 0 Å². The molecule has 4 saturated carbocycles. The highest BCUT2D eigenvalue weighted by Crippen LogP contribution is 2.68. The van der Waals surface area contributed by atoms with Gasteiger partial charge in [0.1, 0.15) is 0 Å². The average Bonchev–Trinajstić information content (AvgIpc) is 2.11. The molecule has 2 heteroatoms. The Morgan fingerprint density at radius 1 is 1.13 bits per heavy atom. The second-order valence-electron chi connectivity index (χ2n) is 6.61. The van der Waals surface area contributed by atoms with Gasteiger partial charge in [-0.05, 0) is 62.2 Å². The Morgan fingerprint density at radius 2 is 1.67 bits per heavy atom. The van der Waals surface area contributed by atoms with Crippen molar-refractivity contribution in [1.29, 1.82) is 0 Å². The van der Waals surface area contributed by atoms with Crippen LogP contribution in [-0.4, -0.2) is 11.1 Å². The summed E-state index contributed by atoms with van der Waals surface area (Å²) in [5.41, 5.74) is -0.367. The molecule has 0 spiro atoms. The molecule has 0 aromatic carbocycles. The first-order valence-electron chi connectivity index (χ1n) is 6.19. The fourth-order valence-electron chi connectivity index (χ4n) is 5.08. The van der Waals surface area contributed by atoms with E-state index in [0.29, 0.717) is 5.92 Å². The highest BCUT2D eigenvalue weighted by Gasteiger charge is 2.64. The molecule has 4 aliphatic rings. The number of hydrogen-bond donors (Lipinski definition) is 1. The van der Waals surface area contributed by atoms with Crippen LogP contribution in [0, 0.1) is 28.6 Å². The molecule has 0 aromatic rings. The third kappa shape index (κ3) is 0.982. The molecular weight excluding hydrogens is 188 g/mol. The number of aliphatic carboxylic acids is 1. The van der Waals surface area contributed by atoms with Gasteiger partial charge in [-0.2, -0.15) is 0 Å². The third-order valence-corrected chi connectivity index (χ3v) is 5.90. The van der Waals surface area contributed by atoms with Crippen LogP contribution in [0.15, 0.2) is 0 Å². The topological polar surface area (TPSA) is 37.3 Å². The van der Waals surface area contributed by atoms with Gasteiger partial charge in [0.15, 0.2) is 0 Å². The minimum atomic E-state index is -0.547. The van der Waals surface area contributed by atoms with E-state index in [-0.39, 0.29) is 5.41 Å². The lowest BCUT2D eigenvalue weighted by Gasteiger charge is -2.63. The summed E-state index contributed by atoms with van der Waals surface area (Å²) < 4.78 is 0. The lowest BCUT2D eigenvalue weighted by molar-refractivity contribution is -0.195. The highest BCUT2D eigenvalue weighted by molar-refractivity contribution is 5.76. The molecule has 0 amide bonds. The Kier molecular flexibility index (Phi) is 1.67. The van der Waals surface area contributed by atoms with Gasteiger partial charge in [-0.15, -0.1) is 0 Å². The van der Waals surface area contributed by atoms with E-state index in [0.717, 1.165) is 24.7 Å². The van der Waals surface area contributed by atoms with E-state index in [1.54, 1.807) is 0 Å². The van der Waals surface area contributed by atoms with Crippen LogP contribution in [0.5, 0.6) is 0 Å². The van der Waals surface area contributed by atoms with Crippen molar-refractivity contribution < 1.29 is 9.90 Å². The Balaban J connectivity index is 2.07. The van der Waals surface area contributed by atoms with Crippen LogP contribution in [0.3, 0.4) is 0 Å². The van der Waals surface area contributed by atoms with Gasteiger partial charge in [0.05, 0.1) is 5.41 Å². The van der Waals surface area contributed by atoms with Crippen molar-refractivity contribution in [2.24, 2.45) is 28.6 Å². The summed E-state index contributed by atoms with van der Waals surface area (Å²) in [5.74, 6) is 1.57. The minimum absolute atomic E-state index is 0.0770. The van der Waals surface area contributed by atoms with Crippen LogP contribution in [-0.2, 0) is 4.79 Å². The fourth-order valence-corrected chi connectivity index (χ4v) is 5.08. The van der Waals surface area contributed by atoms with Gasteiger partial charge >= 0.3 is 5.97 Å². The summed E-state index contributed by atoms with van der Waals surface area (Å²) in [5, 5.41) is 9.57. The predicted molar refractivity (Wildman–Crippen MR) is 57.4 cm³/mol. The van der Waals surface area contributed by atoms with E-state index < -0.39 is 11.4 Å². The van der Waals surface area contributed by atoms with Gasteiger partial charge in [-0.3, -0.25) is 4.79 Å². The molecule has 4 rings (SSSR count). The first-order valence-corrected chi connectivity index (χ1v) is 6.19. The largest absolute Gasteiger partial charge is 0.481 e. The van der Waals surface area contributed by atoms with E-state index in [4.69, 9.17) is 0 Å². The molecule has 1 N–H and O–H groups in total. The van der Waals surface area contributed by atoms with Gasteiger partial charge in [0.2, 0.25) is 0 Å². The zero-order valence-corrected chi connectivity index (χ0v) is 9.62. The Labute approximate surface area is 91.1 Å². The minimum Gasteiger partial charge on any atom is -0.481 e. The van der Waals surface area contributed by atoms with E-state index in [1.807, 2.05) is 6.92 Å². The number of carboxylic acids is 1. The summed E-state index contributed by atoms with van der Waals surface area (Å²) >= 11 is 0. The second-order valence-corrected chi connectivity index (χ2v) is 6.61. The van der Waals surface area contributed by atoms with Crippen molar-refractivity contribution in [2.75, 3.05) is 0 Å². The van der Waals surface area contributed by atoms with Crippen LogP contribution >= 0.6 is 0 Å². The molecule has 0 radical (unpaired) electrons. The van der Waals surface area contributed by atoms with Gasteiger partial charge in [-0.25, -0.2) is 0 Å². The molecular formula is C13H20O2. The van der Waals surface area contributed by atoms with Gasteiger partial charge in [-0.1, -0.05) is 6.92 Å². The van der Waals surface area contributed by atoms with Crippen LogP contribution in [0.1, 0.15) is 46.0 Å². The van der Waals surface area contributed by atoms with Crippen LogP contribution in [0.25, 0.3) is 0 Å². The summed E-state index contributed by atoms with van der Waals surface area (Å²) in [4.78, 5) is 11.6. The number of hydrogen-bond acceptors (Lipinski definition) is 1. The predicted octanol–water partition coefficient (Wildman–Crippen LogP) is 2.92. The van der Waals surface area contributed by atoms with Crippen LogP contribution < -0.4 is 0 Å². The van der Waals surface area contributed by atoms with E-state index in [1.165, 1.54) is 19.3 Å². The molecule has 0 saturated heterocycles. The maximum atomic E-state index is 11.6. The molecule has 3 unspecified atom stereocenters. The number of rotatable bonds is 1. The van der Waals surface area contributed by atoms with E-state index in [9.17, 15) is 9.90 Å². The lowest BCUT2D eigenvalue weighted by atomic mass is 9.40. The molecule has 0 aliphatic heterocycles. The fraction of sp³-hybridized carbons (Fsp3) is 0.923. The molecule has 3 atom stereocenters. The zero-order chi connectivity index (χ0) is 10.8. The molecule has 15 heavy (non-hydrogen) atoms. The molecule has 2 nitrogen and oxygen atoms in total. The van der Waals surface area contributed by atoms with Crippen molar-refractivity contribution in [2.45, 2.75) is 46.0 Å². The van der Waals surface area contributed by atoms with E-state index in [2.05, 4.69) is 6.92 Å². The smallest absolute Gasteiger partial charge is 0.310 e. The summed E-state index contributed by atoms with van der Waals surface area (Å²) in [6.45, 7) is 4.24. The van der Waals surface area contributed by atoms with Gasteiger partial charge < -0.3 is 5.11 Å². The normalized spacial score (nSPS) is 57.1. The monoisotopic (exact) mass is 208 g/mol. The summed E-state index contributed by atoms with van der Waals surface area (Å²) in [6, 6.07) is 0. The molecule has 4 aliphatic carbocycles. The molecule has 84 valence electrons. The maximum Gasteiger partial charge on any atom is 0.310 e.